The third-order valence-corrected chi connectivity index (χ3v) is 5.42. The molecule has 3 rings (SSSR count). The molecule has 0 aromatic heterocycles. The van der Waals surface area contributed by atoms with Crippen molar-refractivity contribution < 1.29 is 9.31 Å². The molecule has 2 fully saturated rings. The minimum atomic E-state index is -0.275. The molecule has 0 unspecified atom stereocenters. The van der Waals surface area contributed by atoms with E-state index in [9.17, 15) is 0 Å². The van der Waals surface area contributed by atoms with E-state index in [0.29, 0.717) is 5.41 Å². The number of hydrogen-bond donors (Lipinski definition) is 0. The lowest BCUT2D eigenvalue weighted by molar-refractivity contribution is 0.00578. The van der Waals surface area contributed by atoms with Gasteiger partial charge in [0, 0.05) is 0 Å². The molecule has 1 aromatic rings. The van der Waals surface area contributed by atoms with E-state index in [2.05, 4.69) is 59.7 Å². The summed E-state index contributed by atoms with van der Waals surface area (Å²) in [6.45, 7) is 13.0. The second kappa shape index (κ2) is 4.11. The smallest absolute Gasteiger partial charge is 0.399 e. The van der Waals surface area contributed by atoms with Gasteiger partial charge in [0.15, 0.2) is 0 Å². The van der Waals surface area contributed by atoms with Gasteiger partial charge in [-0.15, -0.1) is 0 Å². The monoisotopic (exact) mass is 272 g/mol. The Morgan fingerprint density at radius 1 is 0.950 bits per heavy atom. The molecule has 3 heteroatoms. The van der Waals surface area contributed by atoms with Crippen LogP contribution >= 0.6 is 0 Å². The first kappa shape index (κ1) is 14.2. The molecule has 0 spiro atoms. The van der Waals surface area contributed by atoms with Crippen molar-refractivity contribution in [2.24, 2.45) is 0 Å². The second-order valence-electron chi connectivity index (χ2n) is 7.69. The zero-order valence-electron chi connectivity index (χ0n) is 13.5. The number of benzene rings is 1. The number of rotatable bonds is 2. The van der Waals surface area contributed by atoms with E-state index < -0.39 is 0 Å². The van der Waals surface area contributed by atoms with Gasteiger partial charge in [-0.3, -0.25) is 0 Å². The highest BCUT2D eigenvalue weighted by Crippen LogP contribution is 2.48. The molecule has 1 aliphatic carbocycles. The molecular formula is C17H25BO2. The Bertz CT molecular complexity index is 528. The van der Waals surface area contributed by atoms with Crippen molar-refractivity contribution in [1.29, 1.82) is 0 Å². The highest BCUT2D eigenvalue weighted by Gasteiger charge is 2.54. The van der Waals surface area contributed by atoms with Crippen LogP contribution in [0.4, 0.5) is 0 Å². The van der Waals surface area contributed by atoms with E-state index in [4.69, 9.17) is 9.31 Å². The molecule has 0 atom stereocenters. The van der Waals surface area contributed by atoms with Gasteiger partial charge in [-0.1, -0.05) is 25.1 Å². The molecular weight excluding hydrogens is 247 g/mol. The summed E-state index contributed by atoms with van der Waals surface area (Å²) in [6, 6.07) is 6.49. The molecule has 0 bridgehead atoms. The molecule has 1 saturated carbocycles. The third kappa shape index (κ3) is 2.03. The normalized spacial score (nSPS) is 25.8. The summed E-state index contributed by atoms with van der Waals surface area (Å²) in [4.78, 5) is 0. The van der Waals surface area contributed by atoms with Crippen molar-refractivity contribution in [3.05, 3.63) is 29.3 Å². The maximum absolute atomic E-state index is 6.25. The summed E-state index contributed by atoms with van der Waals surface area (Å²) < 4.78 is 12.5. The Morgan fingerprint density at radius 2 is 1.50 bits per heavy atom. The summed E-state index contributed by atoms with van der Waals surface area (Å²) in [5.74, 6) is 0. The summed E-state index contributed by atoms with van der Waals surface area (Å²) in [7, 11) is -0.243. The van der Waals surface area contributed by atoms with Crippen LogP contribution in [0.15, 0.2) is 18.2 Å². The minimum absolute atomic E-state index is 0.243. The van der Waals surface area contributed by atoms with E-state index in [1.165, 1.54) is 29.4 Å². The lowest BCUT2D eigenvalue weighted by atomic mass is 9.71. The molecule has 1 heterocycles. The molecule has 20 heavy (non-hydrogen) atoms. The van der Waals surface area contributed by atoms with Crippen LogP contribution in [0.25, 0.3) is 0 Å². The lowest BCUT2D eigenvalue weighted by Gasteiger charge is -2.32. The lowest BCUT2D eigenvalue weighted by Crippen LogP contribution is -2.41. The highest BCUT2D eigenvalue weighted by atomic mass is 16.7. The van der Waals surface area contributed by atoms with E-state index in [1.54, 1.807) is 0 Å². The highest BCUT2D eigenvalue weighted by molar-refractivity contribution is 6.62. The summed E-state index contributed by atoms with van der Waals surface area (Å²) in [5.41, 5.74) is 3.80. The van der Waals surface area contributed by atoms with E-state index in [-0.39, 0.29) is 18.3 Å². The molecule has 2 nitrogen and oxygen atoms in total. The predicted molar refractivity (Wildman–Crippen MR) is 83.5 cm³/mol. The van der Waals surface area contributed by atoms with Crippen molar-refractivity contribution in [2.75, 3.05) is 0 Å². The maximum Gasteiger partial charge on any atom is 0.495 e. The first-order valence-electron chi connectivity index (χ1n) is 7.62. The Morgan fingerprint density at radius 3 is 2.00 bits per heavy atom. The van der Waals surface area contributed by atoms with Crippen LogP contribution in [0, 0.1) is 6.92 Å². The van der Waals surface area contributed by atoms with Crippen molar-refractivity contribution in [3.63, 3.8) is 0 Å². The molecule has 1 aromatic carbocycles. The van der Waals surface area contributed by atoms with Gasteiger partial charge in [0.05, 0.1) is 11.2 Å². The second-order valence-corrected chi connectivity index (χ2v) is 7.69. The molecule has 0 radical (unpaired) electrons. The Hall–Kier alpha value is -0.795. The van der Waals surface area contributed by atoms with Gasteiger partial charge in [0.1, 0.15) is 0 Å². The van der Waals surface area contributed by atoms with Gasteiger partial charge < -0.3 is 9.31 Å². The van der Waals surface area contributed by atoms with Crippen LogP contribution in [0.5, 0.6) is 0 Å². The Kier molecular flexibility index (Phi) is 2.91. The van der Waals surface area contributed by atoms with Crippen LogP contribution in [0.3, 0.4) is 0 Å². The van der Waals surface area contributed by atoms with Crippen LogP contribution in [-0.2, 0) is 14.7 Å². The molecule has 108 valence electrons. The largest absolute Gasteiger partial charge is 0.495 e. The summed E-state index contributed by atoms with van der Waals surface area (Å²) in [6.07, 6.45) is 2.54. The first-order valence-corrected chi connectivity index (χ1v) is 7.62. The number of hydrogen-bond acceptors (Lipinski definition) is 2. The van der Waals surface area contributed by atoms with Gasteiger partial charge >= 0.3 is 7.12 Å². The van der Waals surface area contributed by atoms with Gasteiger partial charge in [-0.25, -0.2) is 0 Å². The third-order valence-electron chi connectivity index (χ3n) is 5.42. The summed E-state index contributed by atoms with van der Waals surface area (Å²) in [5, 5.41) is 0. The summed E-state index contributed by atoms with van der Waals surface area (Å²) >= 11 is 0. The zero-order valence-corrected chi connectivity index (χ0v) is 13.5. The first-order chi connectivity index (χ1) is 9.16. The molecule has 2 aliphatic rings. The topological polar surface area (TPSA) is 18.5 Å². The van der Waals surface area contributed by atoms with Crippen LogP contribution in [-0.4, -0.2) is 18.3 Å². The van der Waals surface area contributed by atoms with Gasteiger partial charge in [-0.05, 0) is 69.5 Å². The van der Waals surface area contributed by atoms with E-state index >= 15 is 0 Å². The van der Waals surface area contributed by atoms with Crippen molar-refractivity contribution >= 4 is 12.6 Å². The zero-order chi connectivity index (χ0) is 14.8. The Labute approximate surface area is 123 Å². The van der Waals surface area contributed by atoms with Gasteiger partial charge in [0.25, 0.3) is 0 Å². The molecule has 1 saturated heterocycles. The predicted octanol–water partition coefficient (Wildman–Crippen LogP) is 3.35. The standard InChI is InChI=1S/C17H25BO2/c1-12-8-7-9-13(14(12)17(6)10-11-17)18-19-15(2,3)16(4,5)20-18/h7-9H,10-11H2,1-6H3. The SMILES string of the molecule is Cc1cccc(B2OC(C)(C)C(C)(C)O2)c1C1(C)CC1. The molecule has 0 N–H and O–H groups in total. The van der Waals surface area contributed by atoms with E-state index in [0.717, 1.165) is 0 Å². The maximum atomic E-state index is 6.25. The fourth-order valence-corrected chi connectivity index (χ4v) is 3.12. The van der Waals surface area contributed by atoms with Crippen molar-refractivity contribution in [2.45, 2.75) is 71.0 Å². The Balaban J connectivity index is 2.03. The average molecular weight is 272 g/mol. The minimum Gasteiger partial charge on any atom is -0.399 e. The number of aryl methyl sites for hydroxylation is 1. The van der Waals surface area contributed by atoms with Crippen molar-refractivity contribution in [1.82, 2.24) is 0 Å². The van der Waals surface area contributed by atoms with E-state index in [1.807, 2.05) is 0 Å². The molecule has 0 amide bonds. The van der Waals surface area contributed by atoms with Crippen LogP contribution in [0.2, 0.25) is 0 Å². The van der Waals surface area contributed by atoms with Gasteiger partial charge in [-0.2, -0.15) is 0 Å². The average Bonchev–Trinajstić information content (AvgIpc) is 3.00. The fourth-order valence-electron chi connectivity index (χ4n) is 3.12. The van der Waals surface area contributed by atoms with Crippen molar-refractivity contribution in [3.8, 4) is 0 Å². The quantitative estimate of drug-likeness (QED) is 0.769. The van der Waals surface area contributed by atoms with Crippen LogP contribution in [0.1, 0.15) is 58.6 Å². The fraction of sp³-hybridized carbons (Fsp3) is 0.647. The van der Waals surface area contributed by atoms with Gasteiger partial charge in [0.2, 0.25) is 0 Å². The van der Waals surface area contributed by atoms with Crippen LogP contribution < -0.4 is 5.46 Å². The molecule has 1 aliphatic heterocycles.